The molecule has 0 atom stereocenters. The summed E-state index contributed by atoms with van der Waals surface area (Å²) in [6, 6.07) is 9.71. The van der Waals surface area contributed by atoms with E-state index in [2.05, 4.69) is 15.6 Å². The van der Waals surface area contributed by atoms with Crippen molar-refractivity contribution in [1.29, 1.82) is 0 Å². The number of hydrogen-bond acceptors (Lipinski definition) is 4. The molecule has 6 heteroatoms. The molecule has 5 nitrogen and oxygen atoms in total. The number of aromatic nitrogens is 1. The number of urea groups is 1. The Labute approximate surface area is 145 Å². The third-order valence-corrected chi connectivity index (χ3v) is 5.11. The number of thioether (sulfide) groups is 1. The monoisotopic (exact) mass is 343 g/mol. The van der Waals surface area contributed by atoms with Crippen molar-refractivity contribution < 1.29 is 9.59 Å². The zero-order valence-corrected chi connectivity index (χ0v) is 14.5. The third kappa shape index (κ3) is 4.26. The number of nitrogens with zero attached hydrogens (tertiary/aromatic N) is 1. The van der Waals surface area contributed by atoms with Crippen LogP contribution in [0.4, 0.5) is 4.79 Å². The first-order chi connectivity index (χ1) is 11.6. The maximum Gasteiger partial charge on any atom is 0.321 e. The standard InChI is InChI=1S/C18H21N3O2S/c1-12-10-17(20-15-9-5-4-8-14(12)15)24-11-16(22)21-18(23)19-13-6-2-3-7-13/h4-5,8-10,13H,2-3,6-7,11H2,1H3,(H2,19,21,22,23). The number of aryl methyl sites for hydroxylation is 1. The number of hydrogen-bond donors (Lipinski definition) is 2. The predicted octanol–water partition coefficient (Wildman–Crippen LogP) is 3.40. The highest BCUT2D eigenvalue weighted by Gasteiger charge is 2.18. The lowest BCUT2D eigenvalue weighted by Gasteiger charge is -2.12. The summed E-state index contributed by atoms with van der Waals surface area (Å²) in [4.78, 5) is 28.3. The second kappa shape index (κ2) is 7.66. The number of fused-ring (bicyclic) bond motifs is 1. The second-order valence-corrected chi connectivity index (χ2v) is 7.08. The molecule has 1 saturated carbocycles. The molecule has 126 valence electrons. The van der Waals surface area contributed by atoms with Crippen molar-refractivity contribution in [3.05, 3.63) is 35.9 Å². The van der Waals surface area contributed by atoms with Crippen LogP contribution in [0.25, 0.3) is 10.9 Å². The Morgan fingerprint density at radius 2 is 2.00 bits per heavy atom. The van der Waals surface area contributed by atoms with Gasteiger partial charge in [-0.15, -0.1) is 0 Å². The fourth-order valence-corrected chi connectivity index (χ4v) is 3.76. The van der Waals surface area contributed by atoms with Crippen LogP contribution in [0.1, 0.15) is 31.2 Å². The summed E-state index contributed by atoms with van der Waals surface area (Å²) in [5.41, 5.74) is 2.04. The second-order valence-electron chi connectivity index (χ2n) is 6.09. The molecule has 0 aliphatic heterocycles. The van der Waals surface area contributed by atoms with Gasteiger partial charge in [0.05, 0.1) is 16.3 Å². The predicted molar refractivity (Wildman–Crippen MR) is 96.1 cm³/mol. The number of amides is 3. The van der Waals surface area contributed by atoms with Crippen LogP contribution >= 0.6 is 11.8 Å². The number of para-hydroxylation sites is 1. The van der Waals surface area contributed by atoms with E-state index in [1.54, 1.807) is 0 Å². The number of rotatable bonds is 4. The van der Waals surface area contributed by atoms with Crippen LogP contribution in [0.5, 0.6) is 0 Å². The van der Waals surface area contributed by atoms with Gasteiger partial charge in [-0.2, -0.15) is 0 Å². The molecule has 0 spiro atoms. The number of benzene rings is 1. The molecule has 1 aliphatic carbocycles. The smallest absolute Gasteiger partial charge is 0.321 e. The zero-order chi connectivity index (χ0) is 16.9. The van der Waals surface area contributed by atoms with Gasteiger partial charge in [0.25, 0.3) is 0 Å². The first-order valence-corrected chi connectivity index (χ1v) is 9.20. The average molecular weight is 343 g/mol. The van der Waals surface area contributed by atoms with Gasteiger partial charge in [0.2, 0.25) is 5.91 Å². The van der Waals surface area contributed by atoms with E-state index >= 15 is 0 Å². The first-order valence-electron chi connectivity index (χ1n) is 8.21. The van der Waals surface area contributed by atoms with Crippen LogP contribution in [-0.4, -0.2) is 28.7 Å². The van der Waals surface area contributed by atoms with Gasteiger partial charge in [0.15, 0.2) is 0 Å². The lowest BCUT2D eigenvalue weighted by atomic mass is 10.1. The van der Waals surface area contributed by atoms with Crippen molar-refractivity contribution >= 4 is 34.6 Å². The van der Waals surface area contributed by atoms with Gasteiger partial charge in [-0.25, -0.2) is 9.78 Å². The largest absolute Gasteiger partial charge is 0.335 e. The normalized spacial score (nSPS) is 14.7. The van der Waals surface area contributed by atoms with E-state index in [1.807, 2.05) is 37.3 Å². The number of carbonyl (C=O) groups is 2. The number of pyridine rings is 1. The van der Waals surface area contributed by atoms with Crippen LogP contribution in [-0.2, 0) is 4.79 Å². The van der Waals surface area contributed by atoms with E-state index < -0.39 is 6.03 Å². The molecule has 2 aromatic rings. The fourth-order valence-electron chi connectivity index (χ4n) is 2.99. The maximum absolute atomic E-state index is 11.9. The highest BCUT2D eigenvalue weighted by atomic mass is 32.2. The Bertz CT molecular complexity index is 757. The summed E-state index contributed by atoms with van der Waals surface area (Å²) in [5, 5.41) is 7.14. The molecule has 0 unspecified atom stereocenters. The van der Waals surface area contributed by atoms with Gasteiger partial charge in [-0.1, -0.05) is 42.8 Å². The van der Waals surface area contributed by atoms with Gasteiger partial charge >= 0.3 is 6.03 Å². The minimum Gasteiger partial charge on any atom is -0.335 e. The third-order valence-electron chi connectivity index (χ3n) is 4.19. The van der Waals surface area contributed by atoms with E-state index in [0.29, 0.717) is 0 Å². The number of nitrogens with one attached hydrogen (secondary N) is 2. The molecule has 1 aliphatic rings. The van der Waals surface area contributed by atoms with Gasteiger partial charge in [-0.05, 0) is 37.5 Å². The van der Waals surface area contributed by atoms with Crippen LogP contribution in [0.3, 0.4) is 0 Å². The topological polar surface area (TPSA) is 71.1 Å². The van der Waals surface area contributed by atoms with Gasteiger partial charge in [0, 0.05) is 11.4 Å². The Hall–Kier alpha value is -2.08. The highest BCUT2D eigenvalue weighted by Crippen LogP contribution is 2.23. The number of carbonyl (C=O) groups excluding carboxylic acids is 2. The number of imide groups is 1. The van der Waals surface area contributed by atoms with Crippen molar-refractivity contribution in [2.45, 2.75) is 43.7 Å². The zero-order valence-electron chi connectivity index (χ0n) is 13.7. The summed E-state index contributed by atoms with van der Waals surface area (Å²) in [7, 11) is 0. The summed E-state index contributed by atoms with van der Waals surface area (Å²) in [6.45, 7) is 2.03. The molecule has 1 aromatic carbocycles. The fraction of sp³-hybridized carbons (Fsp3) is 0.389. The molecule has 1 aromatic heterocycles. The first kappa shape index (κ1) is 16.8. The van der Waals surface area contributed by atoms with Crippen molar-refractivity contribution in [3.8, 4) is 0 Å². The van der Waals surface area contributed by atoms with Crippen molar-refractivity contribution in [2.24, 2.45) is 0 Å². The molecule has 1 heterocycles. The summed E-state index contributed by atoms with van der Waals surface area (Å²) in [6.07, 6.45) is 4.27. The average Bonchev–Trinajstić information content (AvgIpc) is 3.06. The molecule has 24 heavy (non-hydrogen) atoms. The molecule has 3 rings (SSSR count). The molecular weight excluding hydrogens is 322 g/mol. The minimum atomic E-state index is -0.393. The SMILES string of the molecule is Cc1cc(SCC(=O)NC(=O)NC2CCCC2)nc2ccccc12. The van der Waals surface area contributed by atoms with E-state index in [0.717, 1.165) is 47.2 Å². The van der Waals surface area contributed by atoms with Gasteiger partial charge in [-0.3, -0.25) is 10.1 Å². The Balaban J connectivity index is 1.53. The van der Waals surface area contributed by atoms with E-state index in [4.69, 9.17) is 0 Å². The Morgan fingerprint density at radius 3 is 2.79 bits per heavy atom. The summed E-state index contributed by atoms with van der Waals surface area (Å²) in [5.74, 6) is -0.133. The van der Waals surface area contributed by atoms with Crippen LogP contribution in [0, 0.1) is 6.92 Å². The maximum atomic E-state index is 11.9. The molecule has 0 saturated heterocycles. The lowest BCUT2D eigenvalue weighted by Crippen LogP contribution is -2.44. The van der Waals surface area contributed by atoms with E-state index in [-0.39, 0.29) is 17.7 Å². The van der Waals surface area contributed by atoms with Crippen LogP contribution in [0.2, 0.25) is 0 Å². The lowest BCUT2D eigenvalue weighted by molar-refractivity contribution is -0.117. The highest BCUT2D eigenvalue weighted by molar-refractivity contribution is 7.99. The molecule has 2 N–H and O–H groups in total. The van der Waals surface area contributed by atoms with Crippen molar-refractivity contribution in [1.82, 2.24) is 15.6 Å². The molecule has 0 bridgehead atoms. The van der Waals surface area contributed by atoms with Crippen LogP contribution < -0.4 is 10.6 Å². The molecule has 3 amide bonds. The van der Waals surface area contributed by atoms with Crippen molar-refractivity contribution in [3.63, 3.8) is 0 Å². The Morgan fingerprint density at radius 1 is 1.25 bits per heavy atom. The molecular formula is C18H21N3O2S. The summed E-state index contributed by atoms with van der Waals surface area (Å²) < 4.78 is 0. The minimum absolute atomic E-state index is 0.170. The quantitative estimate of drug-likeness (QED) is 0.835. The Kier molecular flexibility index (Phi) is 5.35. The van der Waals surface area contributed by atoms with Gasteiger partial charge < -0.3 is 5.32 Å². The molecule has 0 radical (unpaired) electrons. The van der Waals surface area contributed by atoms with Crippen LogP contribution in [0.15, 0.2) is 35.4 Å². The van der Waals surface area contributed by atoms with Crippen molar-refractivity contribution in [2.75, 3.05) is 5.75 Å². The summed E-state index contributed by atoms with van der Waals surface area (Å²) >= 11 is 1.34. The molecule has 1 fully saturated rings. The van der Waals surface area contributed by atoms with E-state index in [9.17, 15) is 9.59 Å². The van der Waals surface area contributed by atoms with Gasteiger partial charge in [0.1, 0.15) is 0 Å². The van der Waals surface area contributed by atoms with E-state index in [1.165, 1.54) is 11.8 Å².